The van der Waals surface area contributed by atoms with E-state index in [9.17, 15) is 42.0 Å². The summed E-state index contributed by atoms with van der Waals surface area (Å²) in [5, 5.41) is 43.6. The van der Waals surface area contributed by atoms with E-state index < -0.39 is 10.0 Å². The van der Waals surface area contributed by atoms with Crippen LogP contribution >= 0.6 is 0 Å². The Balaban J connectivity index is 0.000000264. The second-order valence-electron chi connectivity index (χ2n) is 30.3. The number of para-hydroxylation sites is 2. The van der Waals surface area contributed by atoms with Crippen LogP contribution in [0.2, 0.25) is 0 Å². The highest BCUT2D eigenvalue weighted by molar-refractivity contribution is 7.89. The molecule has 0 atom stereocenters. The number of hydrogen-bond donors (Lipinski definition) is 15. The van der Waals surface area contributed by atoms with Gasteiger partial charge in [-0.1, -0.05) is 184 Å². The van der Waals surface area contributed by atoms with Crippen LogP contribution in [0.5, 0.6) is 11.5 Å². The number of anilines is 10. The van der Waals surface area contributed by atoms with Crippen LogP contribution in [-0.4, -0.2) is 76.3 Å². The molecule has 0 saturated carbocycles. The lowest BCUT2D eigenvalue weighted by Gasteiger charge is -2.10. The Hall–Kier alpha value is -15.0. The van der Waals surface area contributed by atoms with Crippen LogP contribution in [0, 0.1) is 62.3 Å². The number of amides is 14. The monoisotopic (exact) mass is 1760 g/mol. The van der Waals surface area contributed by atoms with E-state index in [1.54, 1.807) is 30.3 Å². The number of ether oxygens (including phenoxy) is 1. The molecule has 12 aromatic carbocycles. The summed E-state index contributed by atoms with van der Waals surface area (Å²) in [6, 6.07) is 91.4. The first kappa shape index (κ1) is 105. The first-order chi connectivity index (χ1) is 61.6. The topological polar surface area (TPSA) is 357 Å². The predicted molar refractivity (Wildman–Crippen MR) is 533 cm³/mol. The van der Waals surface area contributed by atoms with Crippen molar-refractivity contribution in [2.75, 3.05) is 72.8 Å². The molecule has 0 aliphatic carbocycles. The van der Waals surface area contributed by atoms with Crippen LogP contribution in [0.25, 0.3) is 0 Å². The summed E-state index contributed by atoms with van der Waals surface area (Å²) in [5.41, 5.74) is 19.1. The summed E-state index contributed by atoms with van der Waals surface area (Å²) in [5.74, 6) is 1.98. The Morgan fingerprint density at radius 2 is 0.667 bits per heavy atom. The second kappa shape index (κ2) is 57.5. The molecule has 0 heterocycles. The third-order valence-corrected chi connectivity index (χ3v) is 18.5. The number of nitrogens with one attached hydrogen (secondary N) is 14. The molecule has 14 amide bonds. The van der Waals surface area contributed by atoms with E-state index in [4.69, 9.17) is 9.88 Å². The van der Waals surface area contributed by atoms with Gasteiger partial charge in [0.2, 0.25) is 10.0 Å². The lowest BCUT2D eigenvalue weighted by molar-refractivity contribution is 0.249. The maximum Gasteiger partial charge on any atom is 0.323 e. The van der Waals surface area contributed by atoms with E-state index in [1.807, 2.05) is 344 Å². The minimum atomic E-state index is -3.52. The standard InChI is InChI=1S/C20H18N2O2.C17H20N2O.C15H16N2O.C12H18N2O.C11H16N2O.C11H14N2O.C10H14N2O.C7H9NO2S/c1-15-6-5-7-17(14-15)22-20(23)21-16-10-12-19(13-11-16)24-18-8-3-2-4-9-18;1-12(2)14-7-9-15(10-8-14)18-17(20)19-16-6-4-5-13(3)11-16;1-11-6-5-8-13(10-11)16-15(18)17-14-9-4-3-7-12(14)2;1-3-4-8-13-12(15)14-11-7-5-6-10(2)9-11;1-8(2)12-11(14)13-10-6-4-5-9(3)7-10;1-3-7-12-11(14)13-10-6-4-5-9(2)8-10;1-3-11-10(13)12-9-6-4-5-8(2)7-9;1-6-2-4-7(5-3-6)11(8,9)10/h2-14H,1H3,(H2,21,22,23);4-12H,1-3H3,(H2,18,19,20);3-10H,1-2H3,(H2,16,17,18);5-7,9H,3-4,8H2,1-2H3,(H2,13,14,15);4-8H,1-3H3,(H2,12,13,14);3-6,8H,1,7H2,2H3,(H2,12,13,14);4-7H,3H2,1-2H3,(H2,11,12,13);2-5H,1H3,(H2,8,9,10). The summed E-state index contributed by atoms with van der Waals surface area (Å²) >= 11 is 0. The van der Waals surface area contributed by atoms with Gasteiger partial charge in [-0.3, -0.25) is 0 Å². The Kier molecular flexibility index (Phi) is 46.6. The summed E-state index contributed by atoms with van der Waals surface area (Å²) in [6.07, 6.45) is 3.74. The van der Waals surface area contributed by atoms with Crippen LogP contribution in [0.3, 0.4) is 0 Å². The van der Waals surface area contributed by atoms with E-state index in [2.05, 4.69) is 102 Å². The second-order valence-corrected chi connectivity index (χ2v) is 31.9. The fourth-order valence-corrected chi connectivity index (χ4v) is 11.7. The molecule has 0 aliphatic rings. The van der Waals surface area contributed by atoms with Crippen LogP contribution in [0.4, 0.5) is 90.4 Å². The lowest BCUT2D eigenvalue weighted by atomic mass is 10.0. The normalized spacial score (nSPS) is 10.0. The van der Waals surface area contributed by atoms with Crippen molar-refractivity contribution < 1.29 is 46.7 Å². The molecule has 0 fully saturated rings. The fraction of sp³-hybridized carbons (Fsp3) is 0.214. The highest BCUT2D eigenvalue weighted by Crippen LogP contribution is 2.25. The van der Waals surface area contributed by atoms with E-state index in [0.717, 1.165) is 126 Å². The Labute approximate surface area is 761 Å². The van der Waals surface area contributed by atoms with Gasteiger partial charge in [0.25, 0.3) is 0 Å². The largest absolute Gasteiger partial charge is 0.457 e. The molecular formula is C103H125N15O10S. The maximum atomic E-state index is 12.0. The van der Waals surface area contributed by atoms with Crippen molar-refractivity contribution in [1.82, 2.24) is 21.3 Å². The molecule has 12 rings (SSSR count). The summed E-state index contributed by atoms with van der Waals surface area (Å²) < 4.78 is 27.2. The average Bonchev–Trinajstić information content (AvgIpc) is 0.869. The highest BCUT2D eigenvalue weighted by atomic mass is 32.2. The highest BCUT2D eigenvalue weighted by Gasteiger charge is 2.11. The van der Waals surface area contributed by atoms with Gasteiger partial charge in [-0.2, -0.15) is 0 Å². The van der Waals surface area contributed by atoms with Gasteiger partial charge in [0.1, 0.15) is 11.5 Å². The van der Waals surface area contributed by atoms with Gasteiger partial charge in [-0.15, -0.1) is 6.58 Å². The molecule has 26 heteroatoms. The quantitative estimate of drug-likeness (QED) is 0.0238. The molecule has 129 heavy (non-hydrogen) atoms. The molecule has 25 nitrogen and oxygen atoms in total. The van der Waals surface area contributed by atoms with Gasteiger partial charge in [-0.25, -0.2) is 47.1 Å². The van der Waals surface area contributed by atoms with Gasteiger partial charge in [0, 0.05) is 82.5 Å². The minimum Gasteiger partial charge on any atom is -0.457 e. The van der Waals surface area contributed by atoms with Gasteiger partial charge >= 0.3 is 42.2 Å². The molecule has 16 N–H and O–H groups in total. The zero-order valence-electron chi connectivity index (χ0n) is 76.3. The van der Waals surface area contributed by atoms with Crippen molar-refractivity contribution in [2.24, 2.45) is 5.14 Å². The number of carbonyl (C=O) groups is 7. The smallest absolute Gasteiger partial charge is 0.323 e. The molecule has 0 saturated heterocycles. The fourth-order valence-electron chi connectivity index (χ4n) is 11.2. The summed E-state index contributed by atoms with van der Waals surface area (Å²) in [6.45, 7) is 35.2. The molecule has 678 valence electrons. The van der Waals surface area contributed by atoms with E-state index in [0.29, 0.717) is 30.4 Å². The van der Waals surface area contributed by atoms with Crippen molar-refractivity contribution in [1.29, 1.82) is 0 Å². The van der Waals surface area contributed by atoms with Crippen molar-refractivity contribution in [3.05, 3.63) is 366 Å². The summed E-state index contributed by atoms with van der Waals surface area (Å²) in [7, 11) is -3.52. The first-order valence-corrected chi connectivity index (χ1v) is 43.8. The number of hydrogen-bond acceptors (Lipinski definition) is 10. The van der Waals surface area contributed by atoms with Crippen molar-refractivity contribution in [3.8, 4) is 11.5 Å². The predicted octanol–water partition coefficient (Wildman–Crippen LogP) is 24.7. The third kappa shape index (κ3) is 46.0. The molecule has 0 bridgehead atoms. The molecular weight excluding hydrogens is 1640 g/mol. The van der Waals surface area contributed by atoms with Gasteiger partial charge in [0.05, 0.1) is 4.90 Å². The number of primary sulfonamides is 1. The van der Waals surface area contributed by atoms with Crippen molar-refractivity contribution in [2.45, 2.75) is 134 Å². The molecule has 0 unspecified atom stereocenters. The van der Waals surface area contributed by atoms with Crippen molar-refractivity contribution in [3.63, 3.8) is 0 Å². The van der Waals surface area contributed by atoms with Gasteiger partial charge < -0.3 is 79.2 Å². The number of urea groups is 7. The van der Waals surface area contributed by atoms with Crippen LogP contribution in [-0.2, 0) is 10.0 Å². The summed E-state index contributed by atoms with van der Waals surface area (Å²) in [4.78, 5) is 80.9. The number of rotatable bonds is 21. The third-order valence-electron chi connectivity index (χ3n) is 17.6. The molecule has 12 aromatic rings. The number of benzene rings is 12. The Morgan fingerprint density at radius 1 is 0.341 bits per heavy atom. The molecule has 0 radical (unpaired) electrons. The number of unbranched alkanes of at least 4 members (excludes halogenated alkanes) is 1. The zero-order chi connectivity index (χ0) is 94.5. The number of aryl methyl sites for hydroxylation is 9. The Morgan fingerprint density at radius 3 is 1.01 bits per heavy atom. The number of nitrogens with two attached hydrogens (primary N) is 1. The van der Waals surface area contributed by atoms with Crippen LogP contribution < -0.4 is 84.3 Å². The van der Waals surface area contributed by atoms with E-state index in [1.165, 1.54) is 17.7 Å². The minimum absolute atomic E-state index is 0.131. The van der Waals surface area contributed by atoms with E-state index in [-0.39, 0.29) is 53.2 Å². The zero-order valence-corrected chi connectivity index (χ0v) is 77.1. The number of sulfonamides is 1. The van der Waals surface area contributed by atoms with E-state index >= 15 is 0 Å². The maximum absolute atomic E-state index is 12.0. The van der Waals surface area contributed by atoms with Gasteiger partial charge in [-0.05, 0) is 297 Å². The van der Waals surface area contributed by atoms with Gasteiger partial charge in [0.15, 0.2) is 0 Å². The lowest BCUT2D eigenvalue weighted by Crippen LogP contribution is -2.34. The average molecular weight is 1770 g/mol. The molecule has 0 spiro atoms. The van der Waals surface area contributed by atoms with Crippen LogP contribution in [0.1, 0.15) is 116 Å². The van der Waals surface area contributed by atoms with Crippen molar-refractivity contribution >= 4 is 109 Å². The van der Waals surface area contributed by atoms with Crippen LogP contribution in [0.15, 0.2) is 315 Å². The number of carbonyl (C=O) groups excluding carboxylic acids is 7. The molecule has 0 aliphatic heterocycles. The molecule has 0 aromatic heterocycles. The Bertz CT molecular complexity index is 5600. The first-order valence-electron chi connectivity index (χ1n) is 42.2. The SMILES string of the molecule is C=CCNC(=O)Nc1cccc(C)c1.CCCCNC(=O)Nc1cccc(C)c1.CCNC(=O)Nc1cccc(C)c1.Cc1ccc(S(N)(=O)=O)cc1.Cc1cccc(NC(=O)NC(C)C)c1.Cc1cccc(NC(=O)Nc2ccc(C(C)C)cc2)c1.Cc1cccc(NC(=O)Nc2ccc(Oc3ccccc3)cc2)c1.Cc1cccc(NC(=O)Nc2ccccc2C)c1.